The Labute approximate surface area is 163 Å². The molecule has 2 aromatic heterocycles. The van der Waals surface area contributed by atoms with Crippen molar-refractivity contribution in [1.29, 1.82) is 0 Å². The monoisotopic (exact) mass is 363 g/mol. The van der Waals surface area contributed by atoms with E-state index in [9.17, 15) is 0 Å². The molecular formula is C24H33N3. The van der Waals surface area contributed by atoms with Crippen LogP contribution >= 0.6 is 0 Å². The summed E-state index contributed by atoms with van der Waals surface area (Å²) in [6, 6.07) is 16.5. The molecule has 0 atom stereocenters. The van der Waals surface area contributed by atoms with Crippen molar-refractivity contribution in [3.8, 4) is 0 Å². The molecule has 0 unspecified atom stereocenters. The number of fused-ring (bicyclic) bond motifs is 5. The largest absolute Gasteiger partial charge is 0.279 e. The molecule has 0 radical (unpaired) electrons. The molecule has 0 bridgehead atoms. The van der Waals surface area contributed by atoms with Gasteiger partial charge in [0.1, 0.15) is 11.5 Å². The van der Waals surface area contributed by atoms with E-state index in [-0.39, 0.29) is 5.41 Å². The third-order valence-electron chi connectivity index (χ3n) is 4.31. The van der Waals surface area contributed by atoms with E-state index in [2.05, 4.69) is 69.4 Å². The second-order valence-electron chi connectivity index (χ2n) is 7.46. The minimum Gasteiger partial charge on any atom is -0.279 e. The summed E-state index contributed by atoms with van der Waals surface area (Å²) in [4.78, 5) is 9.76. The lowest BCUT2D eigenvalue weighted by atomic mass is 9.95. The molecule has 4 rings (SSSR count). The highest BCUT2D eigenvalue weighted by Crippen LogP contribution is 2.29. The number of para-hydroxylation sites is 3. The van der Waals surface area contributed by atoms with E-state index in [1.165, 1.54) is 12.8 Å². The van der Waals surface area contributed by atoms with Gasteiger partial charge in [0.15, 0.2) is 0 Å². The molecule has 2 aromatic carbocycles. The summed E-state index contributed by atoms with van der Waals surface area (Å²) in [5.74, 6) is 1.05. The Morgan fingerprint density at radius 3 is 1.93 bits per heavy atom. The van der Waals surface area contributed by atoms with Crippen molar-refractivity contribution in [2.75, 3.05) is 0 Å². The van der Waals surface area contributed by atoms with Crippen molar-refractivity contribution < 1.29 is 0 Å². The lowest BCUT2D eigenvalue weighted by Gasteiger charge is -2.20. The van der Waals surface area contributed by atoms with Gasteiger partial charge in [-0.1, -0.05) is 85.6 Å². The standard InChI is InChI=1S/C18H17N3.C4H10.C2H6/c1-18(2,3)17-20-13-9-5-4-8-12(13)16-19-14-10-6-7-11-15(14)21(16)17;1-3-4-2;1-2/h4-11H,1-3H3;3-4H2,1-2H3;1-2H3. The van der Waals surface area contributed by atoms with E-state index in [1.54, 1.807) is 0 Å². The van der Waals surface area contributed by atoms with Crippen molar-refractivity contribution in [3.05, 3.63) is 54.4 Å². The number of imidazole rings is 1. The smallest absolute Gasteiger partial charge is 0.148 e. The molecule has 4 aromatic rings. The molecule has 0 fully saturated rings. The van der Waals surface area contributed by atoms with Gasteiger partial charge in [0.05, 0.1) is 16.6 Å². The second-order valence-corrected chi connectivity index (χ2v) is 7.46. The van der Waals surface area contributed by atoms with Crippen molar-refractivity contribution in [3.63, 3.8) is 0 Å². The zero-order chi connectivity index (χ0) is 20.0. The molecule has 0 aliphatic heterocycles. The molecule has 0 saturated carbocycles. The molecule has 0 saturated heterocycles. The molecule has 144 valence electrons. The molecule has 0 aliphatic carbocycles. The number of benzene rings is 2. The van der Waals surface area contributed by atoms with Crippen LogP contribution in [0.2, 0.25) is 0 Å². The number of rotatable bonds is 1. The summed E-state index contributed by atoms with van der Waals surface area (Å²) >= 11 is 0. The van der Waals surface area contributed by atoms with Gasteiger partial charge in [-0.05, 0) is 24.3 Å². The maximum Gasteiger partial charge on any atom is 0.148 e. The van der Waals surface area contributed by atoms with Crippen molar-refractivity contribution in [2.45, 2.75) is 66.7 Å². The first-order valence-electron chi connectivity index (χ1n) is 10.1. The summed E-state index contributed by atoms with van der Waals surface area (Å²) in [6.07, 6.45) is 2.64. The summed E-state index contributed by atoms with van der Waals surface area (Å²) in [5.41, 5.74) is 4.08. The van der Waals surface area contributed by atoms with Crippen molar-refractivity contribution in [1.82, 2.24) is 14.4 Å². The topological polar surface area (TPSA) is 30.2 Å². The maximum atomic E-state index is 4.92. The average molecular weight is 364 g/mol. The number of hydrogen-bond donors (Lipinski definition) is 0. The van der Waals surface area contributed by atoms with Crippen LogP contribution < -0.4 is 0 Å². The van der Waals surface area contributed by atoms with Crippen LogP contribution in [0, 0.1) is 0 Å². The zero-order valence-electron chi connectivity index (χ0n) is 17.9. The van der Waals surface area contributed by atoms with Crippen LogP contribution in [0.25, 0.3) is 27.6 Å². The molecule has 0 aliphatic rings. The summed E-state index contributed by atoms with van der Waals surface area (Å²) < 4.78 is 2.21. The van der Waals surface area contributed by atoms with Gasteiger partial charge in [-0.2, -0.15) is 0 Å². The van der Waals surface area contributed by atoms with Crippen LogP contribution in [0.3, 0.4) is 0 Å². The number of nitrogens with zero attached hydrogens (tertiary/aromatic N) is 3. The molecule has 0 amide bonds. The highest BCUT2D eigenvalue weighted by Gasteiger charge is 2.22. The van der Waals surface area contributed by atoms with Gasteiger partial charge in [-0.25, -0.2) is 9.97 Å². The van der Waals surface area contributed by atoms with E-state index in [4.69, 9.17) is 9.97 Å². The Bertz CT molecular complexity index is 1000. The quantitative estimate of drug-likeness (QED) is 0.359. The van der Waals surface area contributed by atoms with E-state index >= 15 is 0 Å². The Morgan fingerprint density at radius 2 is 1.33 bits per heavy atom. The summed E-state index contributed by atoms with van der Waals surface area (Å²) in [6.45, 7) is 14.9. The predicted molar refractivity (Wildman–Crippen MR) is 119 cm³/mol. The number of unbranched alkanes of at least 4 members (excludes halogenated alkanes) is 1. The number of hydrogen-bond acceptors (Lipinski definition) is 2. The van der Waals surface area contributed by atoms with Crippen LogP contribution in [0.15, 0.2) is 48.5 Å². The molecule has 3 nitrogen and oxygen atoms in total. The lowest BCUT2D eigenvalue weighted by molar-refractivity contribution is 0.542. The SMILES string of the molecule is CC.CC(C)(C)c1nc2ccccc2c2nc3ccccc3n12.CCCC. The van der Waals surface area contributed by atoms with Gasteiger partial charge in [0.2, 0.25) is 0 Å². The minimum atomic E-state index is -0.0498. The third-order valence-corrected chi connectivity index (χ3v) is 4.31. The third kappa shape index (κ3) is 4.29. The molecule has 0 N–H and O–H groups in total. The molecular weight excluding hydrogens is 330 g/mol. The van der Waals surface area contributed by atoms with Gasteiger partial charge in [-0.3, -0.25) is 4.40 Å². The van der Waals surface area contributed by atoms with Crippen LogP contribution in [0.4, 0.5) is 0 Å². The van der Waals surface area contributed by atoms with Gasteiger partial charge < -0.3 is 0 Å². The van der Waals surface area contributed by atoms with Gasteiger partial charge >= 0.3 is 0 Å². The van der Waals surface area contributed by atoms with Gasteiger partial charge in [-0.15, -0.1) is 0 Å². The Morgan fingerprint density at radius 1 is 0.778 bits per heavy atom. The first kappa shape index (κ1) is 20.9. The molecule has 0 spiro atoms. The fraction of sp³-hybridized carbons (Fsp3) is 0.417. The molecule has 3 heteroatoms. The lowest BCUT2D eigenvalue weighted by Crippen LogP contribution is -2.18. The fourth-order valence-electron chi connectivity index (χ4n) is 2.85. The fourth-order valence-corrected chi connectivity index (χ4v) is 2.85. The second kappa shape index (κ2) is 8.98. The highest BCUT2D eigenvalue weighted by atomic mass is 15.1. The Kier molecular flexibility index (Phi) is 6.95. The van der Waals surface area contributed by atoms with Crippen molar-refractivity contribution in [2.24, 2.45) is 0 Å². The van der Waals surface area contributed by atoms with Crippen LogP contribution in [-0.2, 0) is 5.41 Å². The van der Waals surface area contributed by atoms with Crippen molar-refractivity contribution >= 4 is 27.6 Å². The molecule has 27 heavy (non-hydrogen) atoms. The normalized spacial score (nSPS) is 11.1. The van der Waals surface area contributed by atoms with Crippen LogP contribution in [0.5, 0.6) is 0 Å². The predicted octanol–water partition coefficient (Wildman–Crippen LogP) is 7.17. The minimum absolute atomic E-state index is 0.0498. The first-order valence-corrected chi connectivity index (χ1v) is 10.1. The summed E-state index contributed by atoms with van der Waals surface area (Å²) in [7, 11) is 0. The maximum absolute atomic E-state index is 4.92. The summed E-state index contributed by atoms with van der Waals surface area (Å²) in [5, 5.41) is 1.10. The van der Waals surface area contributed by atoms with Crippen LogP contribution in [-0.4, -0.2) is 14.4 Å². The van der Waals surface area contributed by atoms with E-state index in [1.807, 2.05) is 32.0 Å². The van der Waals surface area contributed by atoms with E-state index in [0.717, 1.165) is 33.4 Å². The Balaban J connectivity index is 0.000000389. The van der Waals surface area contributed by atoms with Gasteiger partial charge in [0, 0.05) is 10.8 Å². The van der Waals surface area contributed by atoms with E-state index < -0.39 is 0 Å². The van der Waals surface area contributed by atoms with E-state index in [0.29, 0.717) is 0 Å². The zero-order valence-corrected chi connectivity index (χ0v) is 17.9. The highest BCUT2D eigenvalue weighted by molar-refractivity contribution is 5.96. The first-order chi connectivity index (χ1) is 13.0. The molecule has 2 heterocycles. The Hall–Kier alpha value is -2.42. The van der Waals surface area contributed by atoms with Crippen LogP contribution in [0.1, 0.15) is 67.1 Å². The average Bonchev–Trinajstić information content (AvgIpc) is 3.08. The van der Waals surface area contributed by atoms with Gasteiger partial charge in [0.25, 0.3) is 0 Å². The number of aromatic nitrogens is 3.